The van der Waals surface area contributed by atoms with Gasteiger partial charge in [0.1, 0.15) is 17.9 Å². The fourth-order valence-electron chi connectivity index (χ4n) is 2.90. The third-order valence-corrected chi connectivity index (χ3v) is 4.34. The lowest BCUT2D eigenvalue weighted by atomic mass is 10.3. The summed E-state index contributed by atoms with van der Waals surface area (Å²) in [5.41, 5.74) is 1.61. The smallest absolute Gasteiger partial charge is 0.260 e. The Labute approximate surface area is 145 Å². The van der Waals surface area contributed by atoms with E-state index in [2.05, 4.69) is 10.2 Å². The Balaban J connectivity index is 1.56. The molecule has 2 atom stereocenters. The summed E-state index contributed by atoms with van der Waals surface area (Å²) in [6.07, 6.45) is 2.07. The molecule has 1 aliphatic heterocycles. The number of rotatable bonds is 5. The van der Waals surface area contributed by atoms with Crippen molar-refractivity contribution in [1.29, 1.82) is 0 Å². The second kappa shape index (κ2) is 6.75. The number of carbonyl (C=O) groups is 1. The molecule has 3 heterocycles. The van der Waals surface area contributed by atoms with E-state index in [9.17, 15) is 9.90 Å². The fourth-order valence-corrected chi connectivity index (χ4v) is 2.90. The number of aliphatic hydroxyl groups is 1. The zero-order valence-electron chi connectivity index (χ0n) is 14.8. The molecule has 1 amide bonds. The predicted molar refractivity (Wildman–Crippen MR) is 88.4 cm³/mol. The van der Waals surface area contributed by atoms with Crippen molar-refractivity contribution >= 4 is 5.91 Å². The molecule has 0 saturated carbocycles. The first-order valence-electron chi connectivity index (χ1n) is 8.09. The van der Waals surface area contributed by atoms with Crippen molar-refractivity contribution in [3.63, 3.8) is 0 Å². The van der Waals surface area contributed by atoms with Gasteiger partial charge in [0.25, 0.3) is 5.91 Å². The Morgan fingerprint density at radius 2 is 2.12 bits per heavy atom. The summed E-state index contributed by atoms with van der Waals surface area (Å²) in [6.45, 7) is 4.16. The van der Waals surface area contributed by atoms with E-state index in [0.29, 0.717) is 18.0 Å². The van der Waals surface area contributed by atoms with Crippen molar-refractivity contribution in [3.8, 4) is 11.5 Å². The zero-order chi connectivity index (χ0) is 18.1. The van der Waals surface area contributed by atoms with Crippen molar-refractivity contribution in [2.45, 2.75) is 26.1 Å². The maximum absolute atomic E-state index is 12.4. The van der Waals surface area contributed by atoms with Crippen LogP contribution in [0.1, 0.15) is 11.4 Å². The summed E-state index contributed by atoms with van der Waals surface area (Å²) in [7, 11) is 3.61. The lowest BCUT2D eigenvalue weighted by Crippen LogP contribution is -2.34. The number of hydrogen-bond donors (Lipinski definition) is 1. The Kier molecular flexibility index (Phi) is 4.67. The summed E-state index contributed by atoms with van der Waals surface area (Å²) in [5.74, 6) is 0.997. The second-order valence-electron chi connectivity index (χ2n) is 6.28. The van der Waals surface area contributed by atoms with Crippen LogP contribution in [-0.4, -0.2) is 67.4 Å². The van der Waals surface area contributed by atoms with Gasteiger partial charge in [-0.05, 0) is 13.8 Å². The molecule has 136 valence electrons. The lowest BCUT2D eigenvalue weighted by molar-refractivity contribution is -0.132. The fraction of sp³-hybridized carbons (Fsp3) is 0.562. The summed E-state index contributed by atoms with van der Waals surface area (Å²) in [5, 5.41) is 18.4. The maximum Gasteiger partial charge on any atom is 0.260 e. The number of likely N-dealkylation sites (tertiary alicyclic amines) is 1. The lowest BCUT2D eigenvalue weighted by Gasteiger charge is -2.16. The Bertz CT molecular complexity index is 769. The first-order chi connectivity index (χ1) is 11.8. The number of ether oxygens (including phenoxy) is 2. The molecular formula is C16H23N5O4. The number of aryl methyl sites for hydroxylation is 3. The van der Waals surface area contributed by atoms with Gasteiger partial charge in [-0.25, -0.2) is 0 Å². The van der Waals surface area contributed by atoms with Crippen LogP contribution >= 0.6 is 0 Å². The molecule has 1 saturated heterocycles. The van der Waals surface area contributed by atoms with E-state index in [0.717, 1.165) is 11.4 Å². The third kappa shape index (κ3) is 3.60. The van der Waals surface area contributed by atoms with Gasteiger partial charge in [-0.3, -0.25) is 14.2 Å². The van der Waals surface area contributed by atoms with E-state index in [-0.39, 0.29) is 19.1 Å². The number of β-amino-alcohol motifs (C(OH)–C–C–N with tert-alkyl or cyclic N) is 1. The van der Waals surface area contributed by atoms with Gasteiger partial charge in [0.05, 0.1) is 31.2 Å². The topological polar surface area (TPSA) is 94.6 Å². The van der Waals surface area contributed by atoms with Gasteiger partial charge >= 0.3 is 0 Å². The SMILES string of the molecule is Cc1nn(C)c(C)c1OCC(=O)N1C[C@@H](O)[C@H](Oc2cnn(C)c2)C1. The van der Waals surface area contributed by atoms with E-state index in [4.69, 9.17) is 9.47 Å². The van der Waals surface area contributed by atoms with Crippen LogP contribution in [0.5, 0.6) is 11.5 Å². The van der Waals surface area contributed by atoms with Gasteiger partial charge in [0.15, 0.2) is 18.1 Å². The van der Waals surface area contributed by atoms with E-state index in [1.165, 1.54) is 0 Å². The molecule has 0 bridgehead atoms. The second-order valence-corrected chi connectivity index (χ2v) is 6.28. The Hall–Kier alpha value is -2.55. The van der Waals surface area contributed by atoms with E-state index >= 15 is 0 Å². The van der Waals surface area contributed by atoms with Crippen LogP contribution < -0.4 is 9.47 Å². The zero-order valence-corrected chi connectivity index (χ0v) is 14.8. The monoisotopic (exact) mass is 349 g/mol. The van der Waals surface area contributed by atoms with E-state index < -0.39 is 12.2 Å². The predicted octanol–water partition coefficient (Wildman–Crippen LogP) is -0.200. The average molecular weight is 349 g/mol. The Morgan fingerprint density at radius 3 is 2.72 bits per heavy atom. The number of aromatic nitrogens is 4. The first-order valence-corrected chi connectivity index (χ1v) is 8.09. The van der Waals surface area contributed by atoms with Gasteiger partial charge in [0.2, 0.25) is 0 Å². The van der Waals surface area contributed by atoms with Crippen molar-refractivity contribution in [2.75, 3.05) is 19.7 Å². The molecule has 0 radical (unpaired) electrons. The number of aliphatic hydroxyl groups excluding tert-OH is 1. The van der Waals surface area contributed by atoms with Crippen LogP contribution in [0.4, 0.5) is 0 Å². The third-order valence-electron chi connectivity index (χ3n) is 4.34. The van der Waals surface area contributed by atoms with Gasteiger partial charge < -0.3 is 19.5 Å². The van der Waals surface area contributed by atoms with Gasteiger partial charge in [0, 0.05) is 14.1 Å². The molecule has 1 N–H and O–H groups in total. The highest BCUT2D eigenvalue weighted by molar-refractivity contribution is 5.78. The minimum Gasteiger partial charge on any atom is -0.482 e. The van der Waals surface area contributed by atoms with Crippen LogP contribution in [0.2, 0.25) is 0 Å². The Morgan fingerprint density at radius 1 is 1.36 bits per heavy atom. The van der Waals surface area contributed by atoms with Gasteiger partial charge in [-0.2, -0.15) is 10.2 Å². The molecule has 9 heteroatoms. The molecular weight excluding hydrogens is 326 g/mol. The van der Waals surface area contributed by atoms with Crippen LogP contribution in [-0.2, 0) is 18.9 Å². The summed E-state index contributed by atoms with van der Waals surface area (Å²) >= 11 is 0. The molecule has 0 unspecified atom stereocenters. The van der Waals surface area contributed by atoms with Crippen LogP contribution in [0, 0.1) is 13.8 Å². The van der Waals surface area contributed by atoms with Gasteiger partial charge in [-0.1, -0.05) is 0 Å². The van der Waals surface area contributed by atoms with E-state index in [1.807, 2.05) is 20.9 Å². The molecule has 9 nitrogen and oxygen atoms in total. The first kappa shape index (κ1) is 17.3. The average Bonchev–Trinajstić information content (AvgIpc) is 3.19. The number of amides is 1. The summed E-state index contributed by atoms with van der Waals surface area (Å²) in [4.78, 5) is 13.9. The molecule has 3 rings (SSSR count). The van der Waals surface area contributed by atoms with Crippen molar-refractivity contribution < 1.29 is 19.4 Å². The normalized spacial score (nSPS) is 20.1. The number of hydrogen-bond acceptors (Lipinski definition) is 6. The highest BCUT2D eigenvalue weighted by atomic mass is 16.5. The quantitative estimate of drug-likeness (QED) is 0.803. The molecule has 0 aromatic carbocycles. The van der Waals surface area contributed by atoms with Crippen LogP contribution in [0.15, 0.2) is 12.4 Å². The van der Waals surface area contributed by atoms with E-state index in [1.54, 1.807) is 33.7 Å². The molecule has 0 aliphatic carbocycles. The summed E-state index contributed by atoms with van der Waals surface area (Å²) in [6, 6.07) is 0. The number of carbonyl (C=O) groups excluding carboxylic acids is 1. The highest BCUT2D eigenvalue weighted by Crippen LogP contribution is 2.22. The molecule has 0 spiro atoms. The van der Waals surface area contributed by atoms with Crippen LogP contribution in [0.3, 0.4) is 0 Å². The largest absolute Gasteiger partial charge is 0.482 e. The molecule has 1 fully saturated rings. The minimum absolute atomic E-state index is 0.0975. The number of nitrogens with zero attached hydrogens (tertiary/aromatic N) is 5. The molecule has 25 heavy (non-hydrogen) atoms. The minimum atomic E-state index is -0.744. The molecule has 1 aliphatic rings. The van der Waals surface area contributed by atoms with Crippen molar-refractivity contribution in [3.05, 3.63) is 23.8 Å². The van der Waals surface area contributed by atoms with Crippen LogP contribution in [0.25, 0.3) is 0 Å². The standard InChI is InChI=1S/C16H23N5O4/c1-10-16(11(2)20(4)18-10)24-9-15(23)21-7-13(22)14(8-21)25-12-5-17-19(3)6-12/h5-6,13-14,22H,7-9H2,1-4H3/t13-,14-/m1/s1. The highest BCUT2D eigenvalue weighted by Gasteiger charge is 2.36. The molecule has 2 aromatic rings. The van der Waals surface area contributed by atoms with Crippen molar-refractivity contribution in [1.82, 2.24) is 24.5 Å². The van der Waals surface area contributed by atoms with Crippen molar-refractivity contribution in [2.24, 2.45) is 14.1 Å². The summed E-state index contributed by atoms with van der Waals surface area (Å²) < 4.78 is 14.7. The maximum atomic E-state index is 12.4. The van der Waals surface area contributed by atoms with Gasteiger partial charge in [-0.15, -0.1) is 0 Å². The molecule has 2 aromatic heterocycles.